The topological polar surface area (TPSA) is 137 Å². The number of H-pyrrole nitrogens is 2. The first-order chi connectivity index (χ1) is 12.6. The number of carbonyl (C=O) groups is 2. The maximum atomic E-state index is 12.5. The van der Waals surface area contributed by atoms with Crippen LogP contribution in [0.2, 0.25) is 1.41 Å². The molecule has 0 aliphatic carbocycles. The van der Waals surface area contributed by atoms with E-state index < -0.39 is 24.0 Å². The number of nitrogens with zero attached hydrogens (tertiary/aromatic N) is 1. The quantitative estimate of drug-likeness (QED) is 0.408. The molecule has 0 spiro atoms. The molecule has 0 unspecified atom stereocenters. The molecule has 0 radical (unpaired) electrons. The molecule has 2 atom stereocenters. The van der Waals surface area contributed by atoms with Crippen LogP contribution in [0.5, 0.6) is 0 Å². The van der Waals surface area contributed by atoms with Gasteiger partial charge in [-0.05, 0) is 18.1 Å². The Morgan fingerprint density at radius 1 is 1.32 bits per heavy atom. The van der Waals surface area contributed by atoms with E-state index in [1.807, 2.05) is 24.3 Å². The lowest BCUT2D eigenvalue weighted by atomic mass is 10.0. The van der Waals surface area contributed by atoms with Gasteiger partial charge in [-0.1, -0.05) is 18.2 Å². The van der Waals surface area contributed by atoms with Gasteiger partial charge in [0.2, 0.25) is 5.91 Å². The molecule has 6 N–H and O–H groups in total. The highest BCUT2D eigenvalue weighted by molar-refractivity contribution is 5.88. The highest BCUT2D eigenvalue weighted by Gasteiger charge is 2.24. The second-order valence-corrected chi connectivity index (χ2v) is 5.80. The average molecular weight is 342 g/mol. The standard InChI is InChI=1S/C17H19N5O3/c18-13(5-10-7-20-14-4-2-1-3-12(10)14)16(23)22-15(17(24)25)6-11-8-19-9-21-11/h1-4,7-9,13,15,20H,5-6,18H2,(H,19,21)(H,22,23)(H,24,25)/t13-,15-/m0/s1/i/hD. The van der Waals surface area contributed by atoms with Crippen molar-refractivity contribution in [1.29, 1.82) is 0 Å². The minimum Gasteiger partial charge on any atom is -0.480 e. The number of imidazole rings is 1. The monoisotopic (exact) mass is 342 g/mol. The van der Waals surface area contributed by atoms with Crippen LogP contribution in [-0.4, -0.2) is 44.0 Å². The summed E-state index contributed by atoms with van der Waals surface area (Å²) >= 11 is 0. The summed E-state index contributed by atoms with van der Waals surface area (Å²) in [7, 11) is 0. The number of aromatic amines is 2. The zero-order valence-electron chi connectivity index (χ0n) is 14.3. The third-order valence-corrected chi connectivity index (χ3v) is 4.01. The van der Waals surface area contributed by atoms with Gasteiger partial charge in [0.25, 0.3) is 0 Å². The summed E-state index contributed by atoms with van der Waals surface area (Å²) in [6.45, 7) is 0. The molecule has 1 aromatic carbocycles. The van der Waals surface area contributed by atoms with Crippen LogP contribution in [0, 0.1) is 0 Å². The number of nitrogens with one attached hydrogen (secondary N) is 3. The first kappa shape index (κ1) is 15.4. The Morgan fingerprint density at radius 2 is 2.16 bits per heavy atom. The first-order valence-electron chi connectivity index (χ1n) is 8.31. The van der Waals surface area contributed by atoms with Crippen LogP contribution in [0.1, 0.15) is 11.3 Å². The normalized spacial score (nSPS) is 14.0. The van der Waals surface area contributed by atoms with Crippen LogP contribution < -0.4 is 11.0 Å². The number of hydrogen-bond acceptors (Lipinski definition) is 4. The molecule has 0 fully saturated rings. The van der Waals surface area contributed by atoms with Crippen LogP contribution in [0.4, 0.5) is 0 Å². The summed E-state index contributed by atoms with van der Waals surface area (Å²) in [5.74, 6) is -1.69. The summed E-state index contributed by atoms with van der Waals surface area (Å²) in [6.07, 6.45) is 5.09. The minimum absolute atomic E-state index is 0.0822. The molecule has 3 aromatic rings. The number of amides is 1. The van der Waals surface area contributed by atoms with Crippen molar-refractivity contribution in [3.05, 3.63) is 54.2 Å². The lowest BCUT2D eigenvalue weighted by molar-refractivity contribution is -0.142. The Hall–Kier alpha value is -3.13. The fourth-order valence-corrected chi connectivity index (χ4v) is 2.70. The van der Waals surface area contributed by atoms with Gasteiger partial charge in [0.1, 0.15) is 7.45 Å². The van der Waals surface area contributed by atoms with E-state index in [-0.39, 0.29) is 12.8 Å². The number of benzene rings is 1. The summed E-state index contributed by atoms with van der Waals surface area (Å²) < 4.78 is 7.46. The lowest BCUT2D eigenvalue weighted by Crippen LogP contribution is -2.50. The van der Waals surface area contributed by atoms with Gasteiger partial charge in [-0.2, -0.15) is 0 Å². The lowest BCUT2D eigenvalue weighted by Gasteiger charge is -2.17. The SMILES string of the molecule is [2H]N[C@@H](Cc1c[nH]c2ccccc12)C(=O)N[C@@H](Cc1cnc[nH]1)C(=O)O. The van der Waals surface area contributed by atoms with Crippen molar-refractivity contribution >= 4 is 22.8 Å². The highest BCUT2D eigenvalue weighted by atomic mass is 16.4. The van der Waals surface area contributed by atoms with E-state index in [9.17, 15) is 14.7 Å². The Bertz CT molecular complexity index is 893. The third-order valence-electron chi connectivity index (χ3n) is 4.01. The van der Waals surface area contributed by atoms with E-state index in [0.717, 1.165) is 16.5 Å². The van der Waals surface area contributed by atoms with Gasteiger partial charge in [-0.15, -0.1) is 0 Å². The molecule has 8 heteroatoms. The number of aliphatic carboxylic acids is 1. The zero-order valence-corrected chi connectivity index (χ0v) is 13.3. The Morgan fingerprint density at radius 3 is 2.88 bits per heavy atom. The second-order valence-electron chi connectivity index (χ2n) is 5.80. The molecular weight excluding hydrogens is 322 g/mol. The van der Waals surface area contributed by atoms with E-state index in [0.29, 0.717) is 5.69 Å². The van der Waals surface area contributed by atoms with Crippen molar-refractivity contribution in [2.75, 3.05) is 0 Å². The number of nitrogens with two attached hydrogens (primary N) is 1. The van der Waals surface area contributed by atoms with Gasteiger partial charge < -0.3 is 26.1 Å². The van der Waals surface area contributed by atoms with E-state index in [2.05, 4.69) is 26.0 Å². The average Bonchev–Trinajstić information content (AvgIpc) is 3.28. The number of hydrogen-bond donors (Lipinski definition) is 5. The molecule has 3 rings (SSSR count). The molecule has 2 heterocycles. The van der Waals surface area contributed by atoms with Crippen molar-refractivity contribution in [1.82, 2.24) is 20.3 Å². The van der Waals surface area contributed by atoms with Crippen molar-refractivity contribution in [2.24, 2.45) is 5.73 Å². The Balaban J connectivity index is 1.70. The van der Waals surface area contributed by atoms with Crippen LogP contribution >= 0.6 is 0 Å². The maximum absolute atomic E-state index is 12.5. The molecule has 0 saturated carbocycles. The fraction of sp³-hybridized carbons (Fsp3) is 0.235. The predicted octanol–water partition coefficient (Wildman–Crippen LogP) is 0.573. The minimum atomic E-state index is -1.15. The number of carboxylic acid groups (broad SMARTS) is 1. The Kier molecular flexibility index (Phi) is 4.42. The second kappa shape index (κ2) is 7.18. The van der Waals surface area contributed by atoms with Crippen LogP contribution in [0.3, 0.4) is 0 Å². The molecule has 1 amide bonds. The van der Waals surface area contributed by atoms with Crippen LogP contribution in [0.15, 0.2) is 43.0 Å². The Labute approximate surface area is 144 Å². The molecule has 0 aliphatic heterocycles. The summed E-state index contributed by atoms with van der Waals surface area (Å²) in [6, 6.07) is 5.67. The van der Waals surface area contributed by atoms with Gasteiger partial charge in [0.15, 0.2) is 0 Å². The molecule has 2 aromatic heterocycles. The number of aromatic nitrogens is 3. The number of carboxylic acids is 1. The smallest absolute Gasteiger partial charge is 0.326 e. The van der Waals surface area contributed by atoms with Crippen molar-refractivity contribution < 1.29 is 16.1 Å². The molecule has 0 aliphatic rings. The van der Waals surface area contributed by atoms with Crippen LogP contribution in [-0.2, 0) is 22.4 Å². The van der Waals surface area contributed by atoms with E-state index in [4.69, 9.17) is 1.41 Å². The first-order valence-corrected chi connectivity index (χ1v) is 7.81. The number of carbonyl (C=O) groups excluding carboxylic acids is 1. The number of fused-ring (bicyclic) bond motifs is 1. The molecule has 25 heavy (non-hydrogen) atoms. The zero-order chi connectivity index (χ0) is 18.5. The van der Waals surface area contributed by atoms with Crippen LogP contribution in [0.25, 0.3) is 10.9 Å². The van der Waals surface area contributed by atoms with Gasteiger partial charge in [-0.3, -0.25) is 4.79 Å². The molecule has 0 saturated heterocycles. The van der Waals surface area contributed by atoms with Crippen molar-refractivity contribution in [3.8, 4) is 0 Å². The van der Waals surface area contributed by atoms with E-state index in [1.54, 1.807) is 6.20 Å². The third kappa shape index (κ3) is 3.86. The van der Waals surface area contributed by atoms with Gasteiger partial charge in [0.05, 0.1) is 12.4 Å². The van der Waals surface area contributed by atoms with Crippen molar-refractivity contribution in [3.63, 3.8) is 0 Å². The summed E-state index contributed by atoms with van der Waals surface area (Å²) in [5.41, 5.74) is 4.64. The highest BCUT2D eigenvalue weighted by Crippen LogP contribution is 2.18. The molecule has 0 bridgehead atoms. The van der Waals surface area contributed by atoms with Crippen molar-refractivity contribution in [2.45, 2.75) is 24.9 Å². The number of rotatable bonds is 8. The van der Waals surface area contributed by atoms with Gasteiger partial charge in [0, 0.05) is 35.4 Å². The van der Waals surface area contributed by atoms with E-state index >= 15 is 0 Å². The summed E-state index contributed by atoms with van der Waals surface area (Å²) in [5, 5.41) is 12.8. The molecular formula is C17H19N5O3. The largest absolute Gasteiger partial charge is 0.480 e. The van der Waals surface area contributed by atoms with E-state index in [1.165, 1.54) is 12.5 Å². The fourth-order valence-electron chi connectivity index (χ4n) is 2.70. The molecule has 130 valence electrons. The van der Waals surface area contributed by atoms with Gasteiger partial charge >= 0.3 is 5.97 Å². The predicted molar refractivity (Wildman–Crippen MR) is 91.8 cm³/mol. The molecule has 8 nitrogen and oxygen atoms in total. The number of para-hydroxylation sites is 1. The van der Waals surface area contributed by atoms with Gasteiger partial charge in [-0.25, -0.2) is 9.78 Å². The summed E-state index contributed by atoms with van der Waals surface area (Å²) in [4.78, 5) is 33.7. The maximum Gasteiger partial charge on any atom is 0.326 e.